The molecule has 0 heterocycles. The molecule has 0 bridgehead atoms. The van der Waals surface area contributed by atoms with Crippen LogP contribution in [0, 0.1) is 11.3 Å². The Balaban J connectivity index is 2.43. The van der Waals surface area contributed by atoms with Gasteiger partial charge < -0.3 is 0 Å². The molecule has 1 rings (SSSR count). The molecule has 0 amide bonds. The van der Waals surface area contributed by atoms with Crippen molar-refractivity contribution in [2.45, 2.75) is 46.0 Å². The fraction of sp³-hybridized carbons (Fsp3) is 1.00. The fourth-order valence-corrected chi connectivity index (χ4v) is 2.62. The first-order valence-corrected chi connectivity index (χ1v) is 6.25. The molecule has 0 saturated heterocycles. The lowest BCUT2D eigenvalue weighted by Gasteiger charge is -2.35. The first-order valence-electron chi connectivity index (χ1n) is 4.73. The highest BCUT2D eigenvalue weighted by molar-refractivity contribution is 14.1. The van der Waals surface area contributed by atoms with Crippen LogP contribution in [0.2, 0.25) is 0 Å². The molecule has 0 nitrogen and oxygen atoms in total. The molecule has 66 valence electrons. The smallest absolute Gasteiger partial charge is 0.00493 e. The summed E-state index contributed by atoms with van der Waals surface area (Å²) >= 11 is 2.53. The third kappa shape index (κ3) is 2.60. The van der Waals surface area contributed by atoms with Crippen molar-refractivity contribution < 1.29 is 0 Å². The zero-order valence-electron chi connectivity index (χ0n) is 7.70. The first kappa shape index (κ1) is 9.82. The summed E-state index contributed by atoms with van der Waals surface area (Å²) in [6.45, 7) is 4.85. The van der Waals surface area contributed by atoms with Crippen LogP contribution in [0.3, 0.4) is 0 Å². The Morgan fingerprint density at radius 2 is 1.73 bits per heavy atom. The van der Waals surface area contributed by atoms with E-state index in [0.717, 1.165) is 5.92 Å². The predicted molar refractivity (Wildman–Crippen MR) is 59.2 cm³/mol. The Bertz CT molecular complexity index is 112. The lowest BCUT2D eigenvalue weighted by molar-refractivity contribution is 0.188. The predicted octanol–water partition coefficient (Wildman–Crippen LogP) is 4.03. The summed E-state index contributed by atoms with van der Waals surface area (Å²) in [5.41, 5.74) is 0.598. The second-order valence-corrected chi connectivity index (χ2v) is 5.22. The molecule has 1 aliphatic carbocycles. The standard InChI is InChI=1S/C10H19I/c1-10(2,8-11)9-6-4-3-5-7-9/h9H,3-8H2,1-2H3. The molecular formula is C10H19I. The third-order valence-electron chi connectivity index (χ3n) is 3.05. The second kappa shape index (κ2) is 4.11. The Morgan fingerprint density at radius 1 is 1.18 bits per heavy atom. The van der Waals surface area contributed by atoms with Crippen molar-refractivity contribution in [2.75, 3.05) is 4.43 Å². The van der Waals surface area contributed by atoms with Gasteiger partial charge in [-0.05, 0) is 24.2 Å². The average Bonchev–Trinajstić information content (AvgIpc) is 2.06. The Kier molecular flexibility index (Phi) is 3.66. The van der Waals surface area contributed by atoms with Gasteiger partial charge in [0.05, 0.1) is 0 Å². The highest BCUT2D eigenvalue weighted by Crippen LogP contribution is 2.39. The van der Waals surface area contributed by atoms with Crippen molar-refractivity contribution in [1.82, 2.24) is 0 Å². The monoisotopic (exact) mass is 266 g/mol. The van der Waals surface area contributed by atoms with E-state index in [1.165, 1.54) is 36.5 Å². The van der Waals surface area contributed by atoms with Crippen molar-refractivity contribution in [3.05, 3.63) is 0 Å². The molecule has 11 heavy (non-hydrogen) atoms. The van der Waals surface area contributed by atoms with E-state index < -0.39 is 0 Å². The van der Waals surface area contributed by atoms with Crippen molar-refractivity contribution >= 4 is 22.6 Å². The number of halogens is 1. The number of rotatable bonds is 2. The van der Waals surface area contributed by atoms with E-state index in [-0.39, 0.29) is 0 Å². The minimum atomic E-state index is 0.598. The van der Waals surface area contributed by atoms with E-state index in [9.17, 15) is 0 Å². The van der Waals surface area contributed by atoms with Crippen LogP contribution < -0.4 is 0 Å². The maximum absolute atomic E-state index is 2.53. The van der Waals surface area contributed by atoms with Gasteiger partial charge in [0.25, 0.3) is 0 Å². The van der Waals surface area contributed by atoms with E-state index in [1.807, 2.05) is 0 Å². The maximum atomic E-state index is 2.53. The van der Waals surface area contributed by atoms with Crippen LogP contribution in [-0.4, -0.2) is 4.43 Å². The van der Waals surface area contributed by atoms with Gasteiger partial charge in [-0.25, -0.2) is 0 Å². The quantitative estimate of drug-likeness (QED) is 0.523. The van der Waals surface area contributed by atoms with Crippen molar-refractivity contribution in [1.29, 1.82) is 0 Å². The lowest BCUT2D eigenvalue weighted by Crippen LogP contribution is -2.27. The average molecular weight is 266 g/mol. The van der Waals surface area contributed by atoms with Crippen LogP contribution in [0.5, 0.6) is 0 Å². The molecule has 0 aromatic rings. The Labute approximate surface area is 84.3 Å². The minimum Gasteiger partial charge on any atom is -0.0858 e. The summed E-state index contributed by atoms with van der Waals surface area (Å²) in [6, 6.07) is 0. The number of alkyl halides is 1. The molecule has 0 unspecified atom stereocenters. The van der Waals surface area contributed by atoms with E-state index in [2.05, 4.69) is 36.4 Å². The van der Waals surface area contributed by atoms with Gasteiger partial charge in [-0.1, -0.05) is 55.7 Å². The largest absolute Gasteiger partial charge is 0.0858 e. The van der Waals surface area contributed by atoms with Gasteiger partial charge in [-0.3, -0.25) is 0 Å². The zero-order chi connectivity index (χ0) is 8.32. The molecular weight excluding hydrogens is 247 g/mol. The van der Waals surface area contributed by atoms with Gasteiger partial charge in [-0.2, -0.15) is 0 Å². The van der Waals surface area contributed by atoms with Crippen LogP contribution in [0.15, 0.2) is 0 Å². The SMILES string of the molecule is CC(C)(CI)C1CCCCC1. The summed E-state index contributed by atoms with van der Waals surface area (Å²) < 4.78 is 1.31. The second-order valence-electron chi connectivity index (χ2n) is 4.46. The van der Waals surface area contributed by atoms with E-state index >= 15 is 0 Å². The van der Waals surface area contributed by atoms with Crippen LogP contribution in [0.1, 0.15) is 46.0 Å². The van der Waals surface area contributed by atoms with Gasteiger partial charge in [0.2, 0.25) is 0 Å². The van der Waals surface area contributed by atoms with Crippen LogP contribution in [-0.2, 0) is 0 Å². The molecule has 1 heteroatoms. The summed E-state index contributed by atoms with van der Waals surface area (Å²) in [6.07, 6.45) is 7.40. The molecule has 0 aliphatic heterocycles. The normalized spacial score (nSPS) is 22.1. The zero-order valence-corrected chi connectivity index (χ0v) is 9.86. The van der Waals surface area contributed by atoms with Crippen molar-refractivity contribution in [3.8, 4) is 0 Å². The molecule has 0 radical (unpaired) electrons. The van der Waals surface area contributed by atoms with Crippen LogP contribution in [0.25, 0.3) is 0 Å². The van der Waals surface area contributed by atoms with Crippen LogP contribution in [0.4, 0.5) is 0 Å². The van der Waals surface area contributed by atoms with Gasteiger partial charge in [0.15, 0.2) is 0 Å². The summed E-state index contributed by atoms with van der Waals surface area (Å²) in [7, 11) is 0. The van der Waals surface area contributed by atoms with Gasteiger partial charge in [-0.15, -0.1) is 0 Å². The molecule has 1 saturated carbocycles. The Morgan fingerprint density at radius 3 is 2.18 bits per heavy atom. The van der Waals surface area contributed by atoms with Crippen molar-refractivity contribution in [2.24, 2.45) is 11.3 Å². The minimum absolute atomic E-state index is 0.598. The molecule has 1 aliphatic rings. The van der Waals surface area contributed by atoms with Gasteiger partial charge in [0, 0.05) is 4.43 Å². The number of hydrogen-bond donors (Lipinski definition) is 0. The van der Waals surface area contributed by atoms with Crippen LogP contribution >= 0.6 is 22.6 Å². The topological polar surface area (TPSA) is 0 Å². The molecule has 0 aromatic carbocycles. The first-order chi connectivity index (χ1) is 5.17. The Hall–Kier alpha value is 0.730. The summed E-state index contributed by atoms with van der Waals surface area (Å²) in [5, 5.41) is 0. The van der Waals surface area contributed by atoms with E-state index in [4.69, 9.17) is 0 Å². The lowest BCUT2D eigenvalue weighted by atomic mass is 9.72. The maximum Gasteiger partial charge on any atom is 0.00493 e. The molecule has 1 fully saturated rings. The molecule has 0 spiro atoms. The van der Waals surface area contributed by atoms with E-state index in [1.54, 1.807) is 0 Å². The fourth-order valence-electron chi connectivity index (χ4n) is 1.99. The highest BCUT2D eigenvalue weighted by atomic mass is 127. The summed E-state index contributed by atoms with van der Waals surface area (Å²) in [4.78, 5) is 0. The molecule has 0 atom stereocenters. The van der Waals surface area contributed by atoms with Crippen molar-refractivity contribution in [3.63, 3.8) is 0 Å². The highest BCUT2D eigenvalue weighted by Gasteiger charge is 2.28. The summed E-state index contributed by atoms with van der Waals surface area (Å²) in [5.74, 6) is 1.01. The van der Waals surface area contributed by atoms with E-state index in [0.29, 0.717) is 5.41 Å². The third-order valence-corrected chi connectivity index (χ3v) is 5.02. The van der Waals surface area contributed by atoms with Gasteiger partial charge >= 0.3 is 0 Å². The molecule has 0 N–H and O–H groups in total. The van der Waals surface area contributed by atoms with Gasteiger partial charge in [0.1, 0.15) is 0 Å². The number of hydrogen-bond acceptors (Lipinski definition) is 0. The molecule has 0 aromatic heterocycles.